The van der Waals surface area contributed by atoms with E-state index < -0.39 is 0 Å². The number of nitrogens with one attached hydrogen (secondary N) is 1. The van der Waals surface area contributed by atoms with Crippen LogP contribution in [-0.4, -0.2) is 19.7 Å². The highest BCUT2D eigenvalue weighted by atomic mass is 15.3. The minimum atomic E-state index is -0.177. The van der Waals surface area contributed by atoms with Crippen molar-refractivity contribution in [3.05, 3.63) is 106 Å². The van der Waals surface area contributed by atoms with Crippen LogP contribution in [0.25, 0.3) is 27.8 Å². The number of hydrogen-bond donors (Lipinski definition) is 1. The molecule has 5 aromatic rings. The van der Waals surface area contributed by atoms with Crippen molar-refractivity contribution in [3.63, 3.8) is 0 Å². The van der Waals surface area contributed by atoms with Gasteiger partial charge in [0.05, 0.1) is 22.6 Å². The highest BCUT2D eigenvalue weighted by Crippen LogP contribution is 2.45. The standard InChI is InChI=1S/C33H36N4/c1-6-23-13-10-14-24(7-2)30(23)37-31(26-15-16-29-25(19-26)17-18-34-29)28-21-36(33(4,5)32(28)35-37)20-27-12-9-8-11-22(27)3/h8-19,34H,6-7,20-21H2,1-5H3. The summed E-state index contributed by atoms with van der Waals surface area (Å²) in [6, 6.07) is 24.4. The van der Waals surface area contributed by atoms with Crippen LogP contribution in [-0.2, 0) is 31.5 Å². The maximum Gasteiger partial charge on any atom is 0.0878 e. The lowest BCUT2D eigenvalue weighted by atomic mass is 9.97. The fraction of sp³-hybridized carbons (Fsp3) is 0.303. The average molecular weight is 489 g/mol. The number of rotatable bonds is 6. The Morgan fingerprint density at radius 3 is 2.35 bits per heavy atom. The van der Waals surface area contributed by atoms with Crippen LogP contribution in [0.1, 0.15) is 61.2 Å². The predicted octanol–water partition coefficient (Wildman–Crippen LogP) is 7.70. The fourth-order valence-corrected chi connectivity index (χ4v) is 6.02. The molecule has 188 valence electrons. The Labute approximate surface area is 220 Å². The fourth-order valence-electron chi connectivity index (χ4n) is 6.02. The number of aromatic amines is 1. The van der Waals surface area contributed by atoms with E-state index in [0.29, 0.717) is 0 Å². The molecule has 37 heavy (non-hydrogen) atoms. The van der Waals surface area contributed by atoms with E-state index in [0.717, 1.165) is 31.4 Å². The molecule has 0 unspecified atom stereocenters. The van der Waals surface area contributed by atoms with Crippen LogP contribution >= 0.6 is 0 Å². The van der Waals surface area contributed by atoms with Gasteiger partial charge in [-0.3, -0.25) is 4.90 Å². The van der Waals surface area contributed by atoms with Gasteiger partial charge < -0.3 is 4.98 Å². The largest absolute Gasteiger partial charge is 0.361 e. The van der Waals surface area contributed by atoms with Gasteiger partial charge in [0.1, 0.15) is 0 Å². The van der Waals surface area contributed by atoms with Crippen LogP contribution < -0.4 is 0 Å². The first-order valence-electron chi connectivity index (χ1n) is 13.5. The highest BCUT2D eigenvalue weighted by molar-refractivity contribution is 5.85. The number of hydrogen-bond acceptors (Lipinski definition) is 2. The molecule has 0 spiro atoms. The summed E-state index contributed by atoms with van der Waals surface area (Å²) in [6.45, 7) is 13.2. The third kappa shape index (κ3) is 3.82. The predicted molar refractivity (Wildman–Crippen MR) is 153 cm³/mol. The summed E-state index contributed by atoms with van der Waals surface area (Å²) in [5, 5.41) is 6.69. The van der Waals surface area contributed by atoms with E-state index in [1.165, 1.54) is 55.8 Å². The first kappa shape index (κ1) is 23.7. The lowest BCUT2D eigenvalue weighted by molar-refractivity contribution is 0.123. The molecular weight excluding hydrogens is 452 g/mol. The summed E-state index contributed by atoms with van der Waals surface area (Å²) < 4.78 is 2.28. The van der Waals surface area contributed by atoms with E-state index in [1.807, 2.05) is 6.20 Å². The van der Waals surface area contributed by atoms with E-state index >= 15 is 0 Å². The Morgan fingerprint density at radius 2 is 1.62 bits per heavy atom. The number of fused-ring (bicyclic) bond motifs is 2. The number of benzene rings is 3. The Morgan fingerprint density at radius 1 is 0.892 bits per heavy atom. The van der Waals surface area contributed by atoms with Gasteiger partial charge in [0.25, 0.3) is 0 Å². The molecule has 0 amide bonds. The van der Waals surface area contributed by atoms with E-state index in [1.54, 1.807) is 0 Å². The zero-order valence-electron chi connectivity index (χ0n) is 22.6. The number of aryl methyl sites for hydroxylation is 3. The van der Waals surface area contributed by atoms with Crippen molar-refractivity contribution in [2.75, 3.05) is 0 Å². The Hall–Kier alpha value is -3.63. The number of nitrogens with zero attached hydrogens (tertiary/aromatic N) is 3. The second kappa shape index (κ2) is 9.04. The molecule has 0 atom stereocenters. The summed E-state index contributed by atoms with van der Waals surface area (Å²) >= 11 is 0. The first-order chi connectivity index (χ1) is 17.9. The van der Waals surface area contributed by atoms with Gasteiger partial charge in [0.15, 0.2) is 0 Å². The van der Waals surface area contributed by atoms with Crippen molar-refractivity contribution >= 4 is 10.9 Å². The number of H-pyrrole nitrogens is 1. The Balaban J connectivity index is 1.56. The lowest BCUT2D eigenvalue weighted by Gasteiger charge is -2.32. The van der Waals surface area contributed by atoms with Gasteiger partial charge in [-0.2, -0.15) is 5.10 Å². The normalized spacial score (nSPS) is 14.9. The molecule has 4 heteroatoms. The maximum absolute atomic E-state index is 5.46. The van der Waals surface area contributed by atoms with E-state index in [4.69, 9.17) is 5.10 Å². The molecule has 3 aromatic carbocycles. The van der Waals surface area contributed by atoms with Crippen LogP contribution in [0.5, 0.6) is 0 Å². The SMILES string of the molecule is CCc1cccc(CC)c1-n1nc2c(c1-c1ccc3[nH]ccc3c1)CN(Cc1ccccc1C)C2(C)C. The summed E-state index contributed by atoms with van der Waals surface area (Å²) in [7, 11) is 0. The molecule has 1 aliphatic heterocycles. The minimum Gasteiger partial charge on any atom is -0.361 e. The van der Waals surface area contributed by atoms with Crippen LogP contribution in [0.3, 0.4) is 0 Å². The van der Waals surface area contributed by atoms with Crippen LogP contribution in [0, 0.1) is 6.92 Å². The monoisotopic (exact) mass is 488 g/mol. The maximum atomic E-state index is 5.46. The summed E-state index contributed by atoms with van der Waals surface area (Å²) in [4.78, 5) is 5.93. The van der Waals surface area contributed by atoms with Gasteiger partial charge in [-0.05, 0) is 74.1 Å². The molecule has 4 nitrogen and oxygen atoms in total. The van der Waals surface area contributed by atoms with Crippen molar-refractivity contribution in [1.29, 1.82) is 0 Å². The average Bonchev–Trinajstić information content (AvgIpc) is 3.58. The molecule has 1 aliphatic rings. The number of aromatic nitrogens is 3. The van der Waals surface area contributed by atoms with Gasteiger partial charge in [-0.15, -0.1) is 0 Å². The molecule has 0 aliphatic carbocycles. The van der Waals surface area contributed by atoms with Gasteiger partial charge >= 0.3 is 0 Å². The van der Waals surface area contributed by atoms with Crippen molar-refractivity contribution in [3.8, 4) is 16.9 Å². The topological polar surface area (TPSA) is 36.9 Å². The molecule has 1 N–H and O–H groups in total. The molecule has 6 rings (SSSR count). The molecule has 0 saturated heterocycles. The second-order valence-electron chi connectivity index (χ2n) is 10.8. The lowest BCUT2D eigenvalue weighted by Crippen LogP contribution is -2.36. The Bertz CT molecular complexity index is 1580. The molecular formula is C33H36N4. The van der Waals surface area contributed by atoms with Gasteiger partial charge in [0.2, 0.25) is 0 Å². The first-order valence-corrected chi connectivity index (χ1v) is 13.5. The van der Waals surface area contributed by atoms with Crippen molar-refractivity contribution in [2.24, 2.45) is 0 Å². The van der Waals surface area contributed by atoms with E-state index in [-0.39, 0.29) is 5.54 Å². The summed E-state index contributed by atoms with van der Waals surface area (Å²) in [5.74, 6) is 0. The molecule has 2 aromatic heterocycles. The molecule has 0 radical (unpaired) electrons. The van der Waals surface area contributed by atoms with Crippen LogP contribution in [0.15, 0.2) is 72.9 Å². The van der Waals surface area contributed by atoms with Crippen LogP contribution in [0.2, 0.25) is 0 Å². The smallest absolute Gasteiger partial charge is 0.0878 e. The zero-order chi connectivity index (χ0) is 25.7. The zero-order valence-corrected chi connectivity index (χ0v) is 22.6. The second-order valence-corrected chi connectivity index (χ2v) is 10.8. The minimum absolute atomic E-state index is 0.177. The number of para-hydroxylation sites is 1. The summed E-state index contributed by atoms with van der Waals surface area (Å²) in [5.41, 5.74) is 12.7. The molecule has 3 heterocycles. The Kier molecular flexibility index (Phi) is 5.80. The molecule has 0 fully saturated rings. The van der Waals surface area contributed by atoms with Gasteiger partial charge in [-0.25, -0.2) is 4.68 Å². The highest BCUT2D eigenvalue weighted by Gasteiger charge is 2.43. The van der Waals surface area contributed by atoms with Gasteiger partial charge in [0, 0.05) is 41.3 Å². The van der Waals surface area contributed by atoms with Crippen LogP contribution in [0.4, 0.5) is 0 Å². The summed E-state index contributed by atoms with van der Waals surface area (Å²) in [6.07, 6.45) is 3.98. The van der Waals surface area contributed by atoms with E-state index in [9.17, 15) is 0 Å². The van der Waals surface area contributed by atoms with Crippen molar-refractivity contribution in [1.82, 2.24) is 19.7 Å². The quantitative estimate of drug-likeness (QED) is 0.266. The van der Waals surface area contributed by atoms with E-state index in [2.05, 4.69) is 116 Å². The van der Waals surface area contributed by atoms with Crippen molar-refractivity contribution < 1.29 is 0 Å². The van der Waals surface area contributed by atoms with Gasteiger partial charge in [-0.1, -0.05) is 62.4 Å². The third-order valence-electron chi connectivity index (χ3n) is 8.33. The van der Waals surface area contributed by atoms with Crippen molar-refractivity contribution in [2.45, 2.75) is 66.1 Å². The molecule has 0 bridgehead atoms. The molecule has 0 saturated carbocycles. The third-order valence-corrected chi connectivity index (χ3v) is 8.33.